The Labute approximate surface area is 239 Å². The Kier molecular flexibility index (Phi) is 7.67. The molecule has 6 rings (SSSR count). The normalized spacial score (nSPS) is 13.9. The molecule has 0 radical (unpaired) electrons. The minimum absolute atomic E-state index is 0.399. The van der Waals surface area contributed by atoms with Gasteiger partial charge in [-0.2, -0.15) is 9.97 Å². The van der Waals surface area contributed by atoms with Crippen LogP contribution in [-0.2, 0) is 6.42 Å². The molecule has 0 aliphatic heterocycles. The summed E-state index contributed by atoms with van der Waals surface area (Å²) in [5, 5.41) is 8.88. The number of amides is 1. The van der Waals surface area contributed by atoms with E-state index in [1.54, 1.807) is 6.33 Å². The van der Waals surface area contributed by atoms with Crippen LogP contribution in [0.25, 0.3) is 21.9 Å². The average molecular weight is 550 g/mol. The van der Waals surface area contributed by atoms with Crippen LogP contribution in [0.1, 0.15) is 60.0 Å². The molecule has 1 aliphatic carbocycles. The third-order valence-corrected chi connectivity index (χ3v) is 7.80. The first-order valence-electron chi connectivity index (χ1n) is 14.3. The van der Waals surface area contributed by atoms with Gasteiger partial charge in [0.1, 0.15) is 11.3 Å². The van der Waals surface area contributed by atoms with Crippen LogP contribution in [0.5, 0.6) is 5.75 Å². The maximum Gasteiger partial charge on any atom is 0.249 e. The van der Waals surface area contributed by atoms with Gasteiger partial charge in [0.05, 0.1) is 18.5 Å². The predicted octanol–water partition coefficient (Wildman–Crippen LogP) is 6.41. The molecule has 3 aromatic carbocycles. The smallest absolute Gasteiger partial charge is 0.249 e. The summed E-state index contributed by atoms with van der Waals surface area (Å²) in [6.45, 7) is 2.55. The fourth-order valence-corrected chi connectivity index (χ4v) is 5.69. The minimum atomic E-state index is -0.399. The average Bonchev–Trinajstić information content (AvgIpc) is 3.46. The summed E-state index contributed by atoms with van der Waals surface area (Å²) in [7, 11) is 0. The van der Waals surface area contributed by atoms with E-state index >= 15 is 0 Å². The highest BCUT2D eigenvalue weighted by molar-refractivity contribution is 6.07. The highest BCUT2D eigenvalue weighted by Crippen LogP contribution is 2.28. The molecule has 5 aromatic rings. The number of carbonyl (C=O) groups is 1. The summed E-state index contributed by atoms with van der Waals surface area (Å²) in [6.07, 6.45) is 9.19. The second-order valence-electron chi connectivity index (χ2n) is 10.7. The molecule has 41 heavy (non-hydrogen) atoms. The minimum Gasteiger partial charge on any atom is -0.494 e. The van der Waals surface area contributed by atoms with E-state index in [1.807, 2.05) is 61.5 Å². The maximum absolute atomic E-state index is 12.2. The lowest BCUT2D eigenvalue weighted by molar-refractivity contribution is 0.100. The monoisotopic (exact) mass is 549 g/mol. The van der Waals surface area contributed by atoms with Crippen LogP contribution < -0.4 is 21.1 Å². The van der Waals surface area contributed by atoms with E-state index in [2.05, 4.69) is 25.6 Å². The Morgan fingerprint density at radius 1 is 1.07 bits per heavy atom. The number of H-pyrrole nitrogens is 1. The number of nitrogens with two attached hydrogens (primary N) is 1. The Morgan fingerprint density at radius 2 is 1.93 bits per heavy atom. The van der Waals surface area contributed by atoms with Crippen molar-refractivity contribution < 1.29 is 9.53 Å². The standard InChI is InChI=1S/C32H35N7O2/c1-20-18-24(41-17-7-9-22-14-13-21-8-5-6-12-25(21)27(22)29(33)40)15-16-26(20)37-32-38-30-28(34-19-35-30)31(39-32)36-23-10-3-2-4-11-23/h5-6,8,12-16,18-19,23H,2-4,7,9-11,17H2,1H3,(H2,33,40)(H3,34,35,36,37,38,39). The fraction of sp³-hybridized carbons (Fsp3) is 0.312. The van der Waals surface area contributed by atoms with Gasteiger partial charge in [-0.1, -0.05) is 55.7 Å². The van der Waals surface area contributed by atoms with Crippen molar-refractivity contribution in [1.82, 2.24) is 19.9 Å². The second-order valence-corrected chi connectivity index (χ2v) is 10.7. The molecule has 0 spiro atoms. The van der Waals surface area contributed by atoms with E-state index < -0.39 is 5.91 Å². The van der Waals surface area contributed by atoms with E-state index in [-0.39, 0.29) is 0 Å². The second kappa shape index (κ2) is 11.8. The number of carbonyl (C=O) groups excluding carboxylic acids is 1. The zero-order chi connectivity index (χ0) is 28.2. The molecule has 0 bridgehead atoms. The van der Waals surface area contributed by atoms with Gasteiger partial charge in [-0.25, -0.2) is 4.98 Å². The molecule has 9 nitrogen and oxygen atoms in total. The lowest BCUT2D eigenvalue weighted by Crippen LogP contribution is -2.23. The van der Waals surface area contributed by atoms with Gasteiger partial charge in [0.15, 0.2) is 11.5 Å². The number of anilines is 3. The first kappa shape index (κ1) is 26.6. The maximum atomic E-state index is 12.2. The number of primary amides is 1. The molecule has 0 atom stereocenters. The number of ether oxygens (including phenoxy) is 1. The van der Waals surface area contributed by atoms with Crippen molar-refractivity contribution >= 4 is 45.3 Å². The Balaban J connectivity index is 1.09. The molecule has 9 heteroatoms. The summed E-state index contributed by atoms with van der Waals surface area (Å²) in [4.78, 5) is 29.2. The third kappa shape index (κ3) is 5.94. The van der Waals surface area contributed by atoms with E-state index in [1.165, 1.54) is 19.3 Å². The van der Waals surface area contributed by atoms with Gasteiger partial charge in [0.2, 0.25) is 11.9 Å². The van der Waals surface area contributed by atoms with Crippen LogP contribution in [0.3, 0.4) is 0 Å². The molecule has 1 fully saturated rings. The number of aromatic nitrogens is 4. The molecule has 1 saturated carbocycles. The first-order chi connectivity index (χ1) is 20.0. The number of hydrogen-bond acceptors (Lipinski definition) is 7. The first-order valence-corrected chi connectivity index (χ1v) is 14.3. The molecule has 1 aliphatic rings. The predicted molar refractivity (Wildman–Crippen MR) is 163 cm³/mol. The Morgan fingerprint density at radius 3 is 2.76 bits per heavy atom. The number of fused-ring (bicyclic) bond motifs is 2. The molecule has 2 heterocycles. The number of rotatable bonds is 10. The molecule has 0 unspecified atom stereocenters. The molecule has 1 amide bonds. The third-order valence-electron chi connectivity index (χ3n) is 7.80. The summed E-state index contributed by atoms with van der Waals surface area (Å²) in [6, 6.07) is 18.2. The van der Waals surface area contributed by atoms with Gasteiger partial charge >= 0.3 is 0 Å². The van der Waals surface area contributed by atoms with Crippen LogP contribution in [0.4, 0.5) is 17.5 Å². The van der Waals surface area contributed by atoms with Crippen LogP contribution in [0, 0.1) is 6.92 Å². The van der Waals surface area contributed by atoms with Crippen molar-refractivity contribution in [3.63, 3.8) is 0 Å². The van der Waals surface area contributed by atoms with Crippen molar-refractivity contribution in [3.8, 4) is 5.75 Å². The van der Waals surface area contributed by atoms with Gasteiger partial charge in [-0.15, -0.1) is 0 Å². The molecule has 5 N–H and O–H groups in total. The number of hydrogen-bond donors (Lipinski definition) is 4. The molecule has 210 valence electrons. The number of imidazole rings is 1. The van der Waals surface area contributed by atoms with Gasteiger partial charge in [-0.3, -0.25) is 4.79 Å². The highest BCUT2D eigenvalue weighted by atomic mass is 16.5. The summed E-state index contributed by atoms with van der Waals surface area (Å²) in [5.41, 5.74) is 10.7. The van der Waals surface area contributed by atoms with Crippen molar-refractivity contribution in [2.75, 3.05) is 17.2 Å². The Bertz CT molecular complexity index is 1690. The van der Waals surface area contributed by atoms with E-state index in [4.69, 9.17) is 15.5 Å². The van der Waals surface area contributed by atoms with Crippen LogP contribution in [0.2, 0.25) is 0 Å². The number of nitrogens with zero attached hydrogens (tertiary/aromatic N) is 3. The fourth-order valence-electron chi connectivity index (χ4n) is 5.69. The molecular formula is C32H35N7O2. The lowest BCUT2D eigenvalue weighted by atomic mass is 9.95. The topological polar surface area (TPSA) is 131 Å². The lowest BCUT2D eigenvalue weighted by Gasteiger charge is -2.23. The van der Waals surface area contributed by atoms with Crippen molar-refractivity contribution in [1.29, 1.82) is 0 Å². The van der Waals surface area contributed by atoms with Crippen molar-refractivity contribution in [2.24, 2.45) is 5.73 Å². The van der Waals surface area contributed by atoms with Gasteiger partial charge in [-0.05, 0) is 72.7 Å². The zero-order valence-electron chi connectivity index (χ0n) is 23.2. The van der Waals surface area contributed by atoms with Gasteiger partial charge in [0.25, 0.3) is 0 Å². The summed E-state index contributed by atoms with van der Waals surface area (Å²) >= 11 is 0. The van der Waals surface area contributed by atoms with Crippen molar-refractivity contribution in [2.45, 2.75) is 57.9 Å². The number of nitrogens with one attached hydrogen (secondary N) is 3. The van der Waals surface area contributed by atoms with Gasteiger partial charge in [0, 0.05) is 11.7 Å². The number of benzene rings is 3. The van der Waals surface area contributed by atoms with Crippen LogP contribution >= 0.6 is 0 Å². The quantitative estimate of drug-likeness (QED) is 0.148. The van der Waals surface area contributed by atoms with Crippen LogP contribution in [-0.4, -0.2) is 38.5 Å². The molecular weight excluding hydrogens is 514 g/mol. The highest BCUT2D eigenvalue weighted by Gasteiger charge is 2.18. The zero-order valence-corrected chi connectivity index (χ0v) is 23.2. The molecule has 2 aromatic heterocycles. The SMILES string of the molecule is Cc1cc(OCCCc2ccc3ccccc3c2C(N)=O)ccc1Nc1nc(NC2CCCCC2)c2[nH]cnc2n1. The van der Waals surface area contributed by atoms with E-state index in [0.29, 0.717) is 36.2 Å². The number of aromatic amines is 1. The van der Waals surface area contributed by atoms with Gasteiger partial charge < -0.3 is 26.1 Å². The summed E-state index contributed by atoms with van der Waals surface area (Å²) < 4.78 is 6.05. The molecule has 0 saturated heterocycles. The largest absolute Gasteiger partial charge is 0.494 e. The van der Waals surface area contributed by atoms with Crippen LogP contribution in [0.15, 0.2) is 60.9 Å². The number of aryl methyl sites for hydroxylation is 2. The summed E-state index contributed by atoms with van der Waals surface area (Å²) in [5.74, 6) is 1.67. The van der Waals surface area contributed by atoms with E-state index in [9.17, 15) is 4.79 Å². The Hall–Kier alpha value is -4.66. The van der Waals surface area contributed by atoms with E-state index in [0.717, 1.165) is 63.9 Å². The van der Waals surface area contributed by atoms with Crippen molar-refractivity contribution in [3.05, 3.63) is 77.6 Å².